The first-order valence-electron chi connectivity index (χ1n) is 32.9. The molecule has 11 heteroatoms. The summed E-state index contributed by atoms with van der Waals surface area (Å²) < 4.78 is 64.2. The quantitative estimate of drug-likeness (QED) is 0.0483. The fourth-order valence-electron chi connectivity index (χ4n) is 11.2. The fourth-order valence-corrected chi connectivity index (χ4v) is 11.2. The van der Waals surface area contributed by atoms with E-state index in [1.165, 1.54) is 0 Å². The number of aryl methyl sites for hydroxylation is 2. The number of rotatable bonds is 26. The van der Waals surface area contributed by atoms with Crippen LogP contribution in [0, 0.1) is 13.8 Å². The van der Waals surface area contributed by atoms with E-state index in [2.05, 4.69) is 12.1 Å². The molecule has 14 aromatic rings. The Morgan fingerprint density at radius 3 is 1.03 bits per heavy atom. The zero-order valence-corrected chi connectivity index (χ0v) is 55.1. The minimum absolute atomic E-state index is 0.0849. The van der Waals surface area contributed by atoms with E-state index in [1.807, 2.05) is 311 Å². The molecule has 0 saturated carbocycles. The van der Waals surface area contributed by atoms with Crippen molar-refractivity contribution in [2.24, 2.45) is 0 Å². The van der Waals surface area contributed by atoms with Crippen LogP contribution in [-0.2, 0) is 52.9 Å². The second-order valence-corrected chi connectivity index (χ2v) is 23.9. The van der Waals surface area contributed by atoms with Gasteiger partial charge < -0.3 is 42.3 Å². The number of hydrogen-bond donors (Lipinski definition) is 0. The number of fused-ring (bicyclic) bond motifs is 2. The molecular formula is C88H73O11+. The monoisotopic (exact) mass is 1310 g/mol. The minimum atomic E-state index is -0.323. The zero-order valence-electron chi connectivity index (χ0n) is 55.1. The summed E-state index contributed by atoms with van der Waals surface area (Å²) in [6, 6.07) is 101. The van der Waals surface area contributed by atoms with Gasteiger partial charge in [-0.05, 0) is 118 Å². The molecule has 0 atom stereocenters. The molecule has 0 unspecified atom stereocenters. The van der Waals surface area contributed by atoms with Crippen molar-refractivity contribution in [2.45, 2.75) is 66.7 Å². The van der Waals surface area contributed by atoms with Gasteiger partial charge in [0.15, 0.2) is 28.8 Å². The second kappa shape index (κ2) is 32.4. The van der Waals surface area contributed by atoms with Gasteiger partial charge in [0, 0.05) is 23.8 Å². The molecule has 2 aromatic heterocycles. The Kier molecular flexibility index (Phi) is 21.4. The van der Waals surface area contributed by atoms with Gasteiger partial charge >= 0.3 is 11.3 Å². The summed E-state index contributed by atoms with van der Waals surface area (Å²) in [5.41, 5.74) is 12.3. The van der Waals surface area contributed by atoms with Crippen molar-refractivity contribution in [3.8, 4) is 68.6 Å². The predicted octanol–water partition coefficient (Wildman–Crippen LogP) is 21.1. The van der Waals surface area contributed by atoms with E-state index < -0.39 is 0 Å². The Morgan fingerprint density at radius 1 is 0.293 bits per heavy atom. The zero-order chi connectivity index (χ0) is 67.4. The van der Waals surface area contributed by atoms with Crippen molar-refractivity contribution < 1.29 is 46.7 Å². The van der Waals surface area contributed by atoms with Crippen LogP contribution in [0.5, 0.6) is 46.0 Å². The topological polar surface area (TPSA) is 115 Å². The molecular weight excluding hydrogens is 1230 g/mol. The SMILES string of the molecule is Cc1cc(OCc2ccccc2)c2c(=O)c(OCc3ccccc3)c(-c3ccc(OCc4ccccc4)c(OCc4ccccc4)c3)oc2c1.Cc1cc(OCc2ccccc2)c2cc(OCc3ccccc3)c(-c3ccc(OCc4ccccc4)c(OCc4ccccc4)c3)[o+]c2c1. The molecule has 490 valence electrons. The van der Waals surface area contributed by atoms with Crippen LogP contribution in [0.2, 0.25) is 0 Å². The minimum Gasteiger partial charge on any atom is -0.488 e. The molecule has 0 aliphatic carbocycles. The van der Waals surface area contributed by atoms with Crippen LogP contribution < -0.4 is 43.3 Å². The van der Waals surface area contributed by atoms with Gasteiger partial charge in [-0.25, -0.2) is 4.42 Å². The molecule has 0 aliphatic rings. The van der Waals surface area contributed by atoms with Gasteiger partial charge in [0.2, 0.25) is 16.9 Å². The lowest BCUT2D eigenvalue weighted by Crippen LogP contribution is -2.12. The molecule has 0 aliphatic heterocycles. The standard InChI is InChI=1S/C44H36O6.C44H37O5/c1-31-24-39(48-29-34-18-10-4-11-19-34)41-40(25-31)50-43(44(42(41)45)49-30-35-20-12-5-13-21-35)36-22-23-37(46-27-32-14-6-2-7-15-32)38(26-36)47-28-33-16-8-3-9-17-33;1-32-24-40(46-29-34-16-8-3-9-17-34)38-27-43(48-31-36-20-12-5-13-21-36)44(49-41(38)25-32)37-22-23-39(45-28-33-14-6-2-7-15-33)42(26-37)47-30-35-18-10-4-11-19-35/h2-26H,27-30H2,1H3;2-27H,28-31H2,1H3/q;+1. The third kappa shape index (κ3) is 17.4. The number of hydrogen-bond acceptors (Lipinski definition) is 10. The molecule has 0 amide bonds. The van der Waals surface area contributed by atoms with Crippen LogP contribution in [0.15, 0.2) is 323 Å². The number of ether oxygens (including phenoxy) is 8. The Hall–Kier alpha value is -12.3. The molecule has 11 nitrogen and oxygen atoms in total. The third-order valence-electron chi connectivity index (χ3n) is 16.3. The lowest BCUT2D eigenvalue weighted by atomic mass is 10.1. The van der Waals surface area contributed by atoms with Gasteiger partial charge in [-0.2, -0.15) is 0 Å². The highest BCUT2D eigenvalue weighted by Crippen LogP contribution is 2.44. The van der Waals surface area contributed by atoms with E-state index >= 15 is 0 Å². The summed E-state index contributed by atoms with van der Waals surface area (Å²) in [6.07, 6.45) is 0. The second-order valence-electron chi connectivity index (χ2n) is 23.9. The van der Waals surface area contributed by atoms with E-state index in [0.29, 0.717) is 109 Å². The maximum absolute atomic E-state index is 14.5. The largest absolute Gasteiger partial charge is 0.488 e. The third-order valence-corrected chi connectivity index (χ3v) is 16.3. The highest BCUT2D eigenvalue weighted by molar-refractivity contribution is 5.89. The van der Waals surface area contributed by atoms with E-state index in [9.17, 15) is 4.79 Å². The molecule has 0 bridgehead atoms. The highest BCUT2D eigenvalue weighted by Gasteiger charge is 2.28. The molecule has 12 aromatic carbocycles. The predicted molar refractivity (Wildman–Crippen MR) is 390 cm³/mol. The summed E-state index contributed by atoms with van der Waals surface area (Å²) in [5, 5.41) is 1.15. The first-order valence-corrected chi connectivity index (χ1v) is 32.9. The maximum atomic E-state index is 14.5. The average Bonchev–Trinajstić information content (AvgIpc) is 0.765. The first-order chi connectivity index (χ1) is 48.8. The summed E-state index contributed by atoms with van der Waals surface area (Å²) >= 11 is 0. The van der Waals surface area contributed by atoms with Crippen molar-refractivity contribution in [1.29, 1.82) is 0 Å². The molecule has 0 radical (unpaired) electrons. The van der Waals surface area contributed by atoms with E-state index in [0.717, 1.165) is 72.3 Å². The smallest absolute Gasteiger partial charge is 0.402 e. The van der Waals surface area contributed by atoms with Gasteiger partial charge in [-0.1, -0.05) is 243 Å². The first kappa shape index (κ1) is 65.3. The lowest BCUT2D eigenvalue weighted by molar-refractivity contribution is 0.256. The van der Waals surface area contributed by atoms with Crippen LogP contribution in [-0.4, -0.2) is 0 Å². The molecule has 0 fully saturated rings. The van der Waals surface area contributed by atoms with Crippen LogP contribution in [0.3, 0.4) is 0 Å². The Balaban J connectivity index is 0.000000178. The Morgan fingerprint density at radius 2 is 0.616 bits per heavy atom. The highest BCUT2D eigenvalue weighted by atomic mass is 16.5. The summed E-state index contributed by atoms with van der Waals surface area (Å²) in [4.78, 5) is 14.5. The molecule has 14 rings (SSSR count). The van der Waals surface area contributed by atoms with E-state index in [1.54, 1.807) is 0 Å². The van der Waals surface area contributed by atoms with Crippen molar-refractivity contribution in [2.75, 3.05) is 0 Å². The average molecular weight is 1310 g/mol. The van der Waals surface area contributed by atoms with Crippen molar-refractivity contribution in [3.05, 3.63) is 375 Å². The normalized spacial score (nSPS) is 10.9. The van der Waals surface area contributed by atoms with Gasteiger partial charge in [-0.15, -0.1) is 0 Å². The molecule has 0 saturated heterocycles. The summed E-state index contributed by atoms with van der Waals surface area (Å²) in [6.45, 7) is 6.76. The van der Waals surface area contributed by atoms with Gasteiger partial charge in [0.1, 0.15) is 80.7 Å². The Labute approximate surface area is 576 Å². The molecule has 0 N–H and O–H groups in total. The molecule has 99 heavy (non-hydrogen) atoms. The van der Waals surface area contributed by atoms with E-state index in [4.69, 9.17) is 46.7 Å². The van der Waals surface area contributed by atoms with Gasteiger partial charge in [-0.3, -0.25) is 4.79 Å². The van der Waals surface area contributed by atoms with Crippen LogP contribution in [0.25, 0.3) is 44.6 Å². The molecule has 2 heterocycles. The maximum Gasteiger partial charge on any atom is 0.402 e. The summed E-state index contributed by atoms with van der Waals surface area (Å²) in [7, 11) is 0. The van der Waals surface area contributed by atoms with Crippen molar-refractivity contribution in [1.82, 2.24) is 0 Å². The van der Waals surface area contributed by atoms with Crippen molar-refractivity contribution in [3.63, 3.8) is 0 Å². The molecule has 0 spiro atoms. The number of benzene rings is 12. The lowest BCUT2D eigenvalue weighted by Gasteiger charge is -2.17. The summed E-state index contributed by atoms with van der Waals surface area (Å²) in [5.74, 6) is 5.05. The van der Waals surface area contributed by atoms with Crippen LogP contribution in [0.4, 0.5) is 0 Å². The van der Waals surface area contributed by atoms with Gasteiger partial charge in [0.25, 0.3) is 0 Å². The Bertz CT molecular complexity index is 4980. The van der Waals surface area contributed by atoms with Crippen LogP contribution in [0.1, 0.15) is 55.6 Å². The van der Waals surface area contributed by atoms with Gasteiger partial charge in [0.05, 0.1) is 5.56 Å². The van der Waals surface area contributed by atoms with Crippen molar-refractivity contribution >= 4 is 21.9 Å². The van der Waals surface area contributed by atoms with E-state index in [-0.39, 0.29) is 23.5 Å². The van der Waals surface area contributed by atoms with Crippen LogP contribution >= 0.6 is 0 Å². The fraction of sp³-hybridized carbons (Fsp3) is 0.114.